The molecule has 25 heavy (non-hydrogen) atoms. The molecular formula is C21H29FO3. The third-order valence-corrected chi connectivity index (χ3v) is 4.42. The van der Waals surface area contributed by atoms with Gasteiger partial charge in [-0.1, -0.05) is 58.4 Å². The van der Waals surface area contributed by atoms with Crippen LogP contribution in [0.15, 0.2) is 27.4 Å². The van der Waals surface area contributed by atoms with E-state index in [4.69, 9.17) is 9.15 Å². The molecule has 138 valence electrons. The maximum absolute atomic E-state index is 14.6. The molecule has 0 aliphatic heterocycles. The lowest BCUT2D eigenvalue weighted by Gasteiger charge is -2.09. The van der Waals surface area contributed by atoms with Crippen LogP contribution in [0.3, 0.4) is 0 Å². The van der Waals surface area contributed by atoms with E-state index >= 15 is 0 Å². The molecule has 1 heterocycles. The molecule has 2 rings (SSSR count). The molecule has 1 aromatic carbocycles. The molecule has 0 amide bonds. The minimum Gasteiger partial charge on any atom is -0.490 e. The van der Waals surface area contributed by atoms with Crippen molar-refractivity contribution in [2.24, 2.45) is 0 Å². The summed E-state index contributed by atoms with van der Waals surface area (Å²) in [6.45, 7) is 4.76. The van der Waals surface area contributed by atoms with Gasteiger partial charge in [-0.05, 0) is 30.4 Å². The maximum atomic E-state index is 14.6. The Morgan fingerprint density at radius 2 is 1.72 bits per heavy atom. The highest BCUT2D eigenvalue weighted by molar-refractivity contribution is 5.83. The largest absolute Gasteiger partial charge is 0.490 e. The molecule has 0 aliphatic carbocycles. The number of rotatable bonds is 11. The van der Waals surface area contributed by atoms with E-state index in [9.17, 15) is 9.18 Å². The summed E-state index contributed by atoms with van der Waals surface area (Å²) in [5.74, 6) is 0.146. The zero-order valence-corrected chi connectivity index (χ0v) is 15.4. The summed E-state index contributed by atoms with van der Waals surface area (Å²) in [6, 6.07) is 5.13. The summed E-state index contributed by atoms with van der Waals surface area (Å²) in [4.78, 5) is 12.2. The summed E-state index contributed by atoms with van der Waals surface area (Å²) in [5, 5.41) is 0.570. The molecule has 3 nitrogen and oxygen atoms in total. The van der Waals surface area contributed by atoms with Crippen LogP contribution in [-0.2, 0) is 6.42 Å². The van der Waals surface area contributed by atoms with Crippen molar-refractivity contribution in [1.82, 2.24) is 0 Å². The van der Waals surface area contributed by atoms with Crippen LogP contribution in [0.1, 0.15) is 71.0 Å². The van der Waals surface area contributed by atoms with Crippen molar-refractivity contribution in [3.05, 3.63) is 40.2 Å². The Bertz CT molecular complexity index is 721. The van der Waals surface area contributed by atoms with Crippen LogP contribution in [0, 0.1) is 5.82 Å². The number of halogens is 1. The van der Waals surface area contributed by atoms with Crippen LogP contribution in [0.5, 0.6) is 5.75 Å². The highest BCUT2D eigenvalue weighted by Gasteiger charge is 2.14. The lowest BCUT2D eigenvalue weighted by Crippen LogP contribution is -2.07. The normalized spacial score (nSPS) is 11.2. The minimum atomic E-state index is -0.614. The van der Waals surface area contributed by atoms with Crippen molar-refractivity contribution in [2.45, 2.75) is 71.6 Å². The van der Waals surface area contributed by atoms with Gasteiger partial charge >= 0.3 is 5.63 Å². The molecule has 1 aromatic heterocycles. The van der Waals surface area contributed by atoms with Crippen LogP contribution in [0.25, 0.3) is 10.8 Å². The van der Waals surface area contributed by atoms with Crippen molar-refractivity contribution >= 4 is 10.8 Å². The molecule has 0 radical (unpaired) electrons. The number of hydrogen-bond donors (Lipinski definition) is 0. The second kappa shape index (κ2) is 10.2. The van der Waals surface area contributed by atoms with Gasteiger partial charge in [0, 0.05) is 6.42 Å². The standard InChI is InChI=1S/C21H29FO3/c1-3-5-7-9-11-17-15-16-12-13-18(24-14-10-8-6-4-2)20(22)19(16)21(23)25-17/h12-13,15H,3-11,14H2,1-2H3. The average molecular weight is 348 g/mol. The van der Waals surface area contributed by atoms with Gasteiger partial charge in [-0.2, -0.15) is 0 Å². The Morgan fingerprint density at radius 1 is 1.00 bits per heavy atom. The molecule has 0 spiro atoms. The summed E-state index contributed by atoms with van der Waals surface area (Å²) in [5.41, 5.74) is -0.614. The molecule has 0 saturated heterocycles. The maximum Gasteiger partial charge on any atom is 0.346 e. The van der Waals surface area contributed by atoms with Crippen molar-refractivity contribution in [2.75, 3.05) is 6.61 Å². The zero-order valence-electron chi connectivity index (χ0n) is 15.4. The average Bonchev–Trinajstić information content (AvgIpc) is 2.60. The number of aryl methyl sites for hydroxylation is 1. The van der Waals surface area contributed by atoms with Crippen LogP contribution < -0.4 is 10.4 Å². The molecule has 0 fully saturated rings. The van der Waals surface area contributed by atoms with Gasteiger partial charge in [-0.3, -0.25) is 0 Å². The second-order valence-corrected chi connectivity index (χ2v) is 6.56. The highest BCUT2D eigenvalue weighted by atomic mass is 19.1. The predicted octanol–water partition coefficient (Wildman–Crippen LogP) is 6.01. The molecular weight excluding hydrogens is 319 g/mol. The van der Waals surface area contributed by atoms with Gasteiger partial charge in [0.05, 0.1) is 6.61 Å². The third-order valence-electron chi connectivity index (χ3n) is 4.42. The molecule has 2 aromatic rings. The first-order valence-corrected chi connectivity index (χ1v) is 9.55. The molecule has 0 aliphatic rings. The lowest BCUT2D eigenvalue weighted by atomic mass is 10.1. The fourth-order valence-electron chi connectivity index (χ4n) is 2.94. The van der Waals surface area contributed by atoms with E-state index in [-0.39, 0.29) is 11.1 Å². The summed E-state index contributed by atoms with van der Waals surface area (Å²) >= 11 is 0. The molecule has 0 atom stereocenters. The Kier molecular flexibility index (Phi) is 7.96. The van der Waals surface area contributed by atoms with E-state index in [1.165, 1.54) is 6.42 Å². The van der Waals surface area contributed by atoms with Crippen molar-refractivity contribution < 1.29 is 13.5 Å². The van der Waals surface area contributed by atoms with E-state index in [2.05, 4.69) is 13.8 Å². The van der Waals surface area contributed by atoms with E-state index in [0.29, 0.717) is 24.2 Å². The van der Waals surface area contributed by atoms with Gasteiger partial charge in [0.1, 0.15) is 11.1 Å². The Balaban J connectivity index is 2.09. The monoisotopic (exact) mass is 348 g/mol. The van der Waals surface area contributed by atoms with Crippen molar-refractivity contribution in [3.63, 3.8) is 0 Å². The number of fused-ring (bicyclic) bond motifs is 1. The lowest BCUT2D eigenvalue weighted by molar-refractivity contribution is 0.291. The number of benzene rings is 1. The van der Waals surface area contributed by atoms with E-state index in [0.717, 1.165) is 44.9 Å². The first-order chi connectivity index (χ1) is 12.2. The smallest absolute Gasteiger partial charge is 0.346 e. The van der Waals surface area contributed by atoms with E-state index < -0.39 is 11.4 Å². The van der Waals surface area contributed by atoms with Crippen LogP contribution in [0.4, 0.5) is 4.39 Å². The van der Waals surface area contributed by atoms with E-state index in [1.807, 2.05) is 0 Å². The fraction of sp³-hybridized carbons (Fsp3) is 0.571. The Labute approximate surface area is 149 Å². The molecule has 0 unspecified atom stereocenters. The van der Waals surface area contributed by atoms with Crippen molar-refractivity contribution in [3.8, 4) is 5.75 Å². The van der Waals surface area contributed by atoms with Gasteiger partial charge in [0.15, 0.2) is 11.6 Å². The zero-order chi connectivity index (χ0) is 18.1. The first-order valence-electron chi connectivity index (χ1n) is 9.55. The Morgan fingerprint density at radius 3 is 2.44 bits per heavy atom. The second-order valence-electron chi connectivity index (χ2n) is 6.56. The van der Waals surface area contributed by atoms with Gasteiger partial charge in [0.25, 0.3) is 0 Å². The number of hydrogen-bond acceptors (Lipinski definition) is 3. The SMILES string of the molecule is CCCCCCOc1ccc2cc(CCCCCC)oc(=O)c2c1F. The summed E-state index contributed by atoms with van der Waals surface area (Å²) in [7, 11) is 0. The van der Waals surface area contributed by atoms with E-state index in [1.54, 1.807) is 18.2 Å². The summed E-state index contributed by atoms with van der Waals surface area (Å²) in [6.07, 6.45) is 9.37. The highest BCUT2D eigenvalue weighted by Crippen LogP contribution is 2.25. The van der Waals surface area contributed by atoms with Crippen LogP contribution >= 0.6 is 0 Å². The number of ether oxygens (including phenoxy) is 1. The van der Waals surface area contributed by atoms with Gasteiger partial charge in [-0.25, -0.2) is 9.18 Å². The first kappa shape index (κ1) is 19.5. The van der Waals surface area contributed by atoms with Crippen LogP contribution in [-0.4, -0.2) is 6.61 Å². The molecule has 4 heteroatoms. The molecule has 0 saturated carbocycles. The molecule has 0 bridgehead atoms. The quantitative estimate of drug-likeness (QED) is 0.467. The molecule has 0 N–H and O–H groups in total. The predicted molar refractivity (Wildman–Crippen MR) is 99.9 cm³/mol. The van der Waals surface area contributed by atoms with Crippen molar-refractivity contribution in [1.29, 1.82) is 0 Å². The third kappa shape index (κ3) is 5.58. The van der Waals surface area contributed by atoms with Crippen LogP contribution in [0.2, 0.25) is 0 Å². The van der Waals surface area contributed by atoms with Gasteiger partial charge < -0.3 is 9.15 Å². The van der Waals surface area contributed by atoms with Gasteiger partial charge in [-0.15, -0.1) is 0 Å². The number of unbranched alkanes of at least 4 members (excludes halogenated alkanes) is 6. The summed E-state index contributed by atoms with van der Waals surface area (Å²) < 4.78 is 25.4. The topological polar surface area (TPSA) is 39.4 Å². The Hall–Kier alpha value is -1.84. The van der Waals surface area contributed by atoms with Gasteiger partial charge in [0.2, 0.25) is 0 Å². The minimum absolute atomic E-state index is 0.0108. The fourth-order valence-corrected chi connectivity index (χ4v) is 2.94.